The minimum absolute atomic E-state index is 0.0124. The highest BCUT2D eigenvalue weighted by Crippen LogP contribution is 2.18. The molecule has 0 aliphatic heterocycles. The van der Waals surface area contributed by atoms with Gasteiger partial charge in [0.1, 0.15) is 5.15 Å². The second-order valence-electron chi connectivity index (χ2n) is 3.41. The van der Waals surface area contributed by atoms with Gasteiger partial charge in [-0.3, -0.25) is 4.79 Å². The first-order valence-electron chi connectivity index (χ1n) is 4.70. The molecule has 1 atom stereocenters. The Kier molecular flexibility index (Phi) is 4.12. The summed E-state index contributed by atoms with van der Waals surface area (Å²) in [6.07, 6.45) is 1.28. The maximum Gasteiger partial charge on any atom is 0.261 e. The van der Waals surface area contributed by atoms with Crippen molar-refractivity contribution in [2.75, 3.05) is 7.05 Å². The van der Waals surface area contributed by atoms with Gasteiger partial charge in [0, 0.05) is 14.1 Å². The molecule has 1 unspecified atom stereocenters. The lowest BCUT2D eigenvalue weighted by Crippen LogP contribution is -2.43. The van der Waals surface area contributed by atoms with E-state index in [1.165, 1.54) is 24.9 Å². The quantitative estimate of drug-likeness (QED) is 0.777. The molecule has 1 amide bonds. The molecule has 1 rings (SSSR count). The molecule has 0 aliphatic rings. The summed E-state index contributed by atoms with van der Waals surface area (Å²) in [6.45, 7) is 1.42. The largest absolute Gasteiger partial charge is 0.358 e. The maximum atomic E-state index is 11.8. The normalized spacial score (nSPS) is 13.4. The van der Waals surface area contributed by atoms with Crippen LogP contribution in [0, 0.1) is 0 Å². The molecule has 0 aromatic carbocycles. The van der Waals surface area contributed by atoms with Crippen LogP contribution in [0.1, 0.15) is 6.92 Å². The minimum Gasteiger partial charge on any atom is -0.358 e. The fourth-order valence-electron chi connectivity index (χ4n) is 1.13. The number of imidazole rings is 1. The van der Waals surface area contributed by atoms with Crippen molar-refractivity contribution >= 4 is 27.5 Å². The van der Waals surface area contributed by atoms with Gasteiger partial charge in [-0.25, -0.2) is 13.4 Å². The summed E-state index contributed by atoms with van der Waals surface area (Å²) >= 11 is 5.77. The molecule has 1 aromatic heterocycles. The molecule has 0 fully saturated rings. The van der Waals surface area contributed by atoms with Crippen LogP contribution in [0.15, 0.2) is 11.4 Å². The van der Waals surface area contributed by atoms with E-state index in [0.29, 0.717) is 0 Å². The lowest BCUT2D eigenvalue weighted by molar-refractivity contribution is -0.121. The first-order valence-corrected chi connectivity index (χ1v) is 6.56. The number of aryl methyl sites for hydroxylation is 1. The third kappa shape index (κ3) is 2.96. The molecule has 0 spiro atoms. The summed E-state index contributed by atoms with van der Waals surface area (Å²) in [5, 5.41) is 2.03. The van der Waals surface area contributed by atoms with E-state index >= 15 is 0 Å². The van der Waals surface area contributed by atoms with Gasteiger partial charge in [0.05, 0.1) is 12.4 Å². The van der Waals surface area contributed by atoms with E-state index in [2.05, 4.69) is 15.0 Å². The van der Waals surface area contributed by atoms with Crippen LogP contribution < -0.4 is 10.0 Å². The number of halogens is 1. The fourth-order valence-corrected chi connectivity index (χ4v) is 2.77. The molecule has 96 valence electrons. The van der Waals surface area contributed by atoms with E-state index < -0.39 is 22.0 Å². The molecular weight excluding hydrogens is 268 g/mol. The van der Waals surface area contributed by atoms with Crippen LogP contribution in [-0.4, -0.2) is 37.0 Å². The number of carbonyl (C=O) groups excluding carboxylic acids is 1. The van der Waals surface area contributed by atoms with Gasteiger partial charge in [0.25, 0.3) is 10.0 Å². The Morgan fingerprint density at radius 2 is 2.18 bits per heavy atom. The zero-order valence-corrected chi connectivity index (χ0v) is 11.1. The van der Waals surface area contributed by atoms with E-state index in [0.717, 1.165) is 0 Å². The predicted octanol–water partition coefficient (Wildman–Crippen LogP) is -0.514. The topological polar surface area (TPSA) is 93.1 Å². The van der Waals surface area contributed by atoms with Crippen molar-refractivity contribution in [3.8, 4) is 0 Å². The van der Waals surface area contributed by atoms with Crippen molar-refractivity contribution in [2.45, 2.75) is 18.0 Å². The molecule has 0 saturated carbocycles. The number of aromatic nitrogens is 2. The minimum atomic E-state index is -3.90. The van der Waals surface area contributed by atoms with Crippen molar-refractivity contribution in [1.82, 2.24) is 19.6 Å². The van der Waals surface area contributed by atoms with E-state index in [1.54, 1.807) is 7.05 Å². The third-order valence-corrected chi connectivity index (χ3v) is 4.09. The highest BCUT2D eigenvalue weighted by molar-refractivity contribution is 7.89. The van der Waals surface area contributed by atoms with Crippen molar-refractivity contribution in [2.24, 2.45) is 7.05 Å². The molecular formula is C8H13ClN4O3S. The second kappa shape index (κ2) is 5.03. The number of sulfonamides is 1. The van der Waals surface area contributed by atoms with Gasteiger partial charge in [0.2, 0.25) is 10.9 Å². The number of hydrogen-bond acceptors (Lipinski definition) is 4. The van der Waals surface area contributed by atoms with Gasteiger partial charge in [-0.15, -0.1) is 0 Å². The van der Waals surface area contributed by atoms with Crippen molar-refractivity contribution < 1.29 is 13.2 Å². The van der Waals surface area contributed by atoms with Crippen LogP contribution in [0.3, 0.4) is 0 Å². The van der Waals surface area contributed by atoms with Gasteiger partial charge in [-0.05, 0) is 6.92 Å². The van der Waals surface area contributed by atoms with Crippen LogP contribution in [0.4, 0.5) is 0 Å². The Morgan fingerprint density at radius 3 is 2.59 bits per heavy atom. The second-order valence-corrected chi connectivity index (χ2v) is 5.40. The Bertz CT molecular complexity index is 525. The van der Waals surface area contributed by atoms with Crippen LogP contribution in [0.25, 0.3) is 0 Å². The van der Waals surface area contributed by atoms with Crippen molar-refractivity contribution in [3.63, 3.8) is 0 Å². The van der Waals surface area contributed by atoms with Gasteiger partial charge in [-0.1, -0.05) is 11.6 Å². The van der Waals surface area contributed by atoms with E-state index in [1.807, 2.05) is 0 Å². The molecule has 2 N–H and O–H groups in total. The van der Waals surface area contributed by atoms with Crippen LogP contribution in [0.5, 0.6) is 0 Å². The maximum absolute atomic E-state index is 11.8. The molecule has 0 saturated heterocycles. The molecule has 1 heterocycles. The number of likely N-dealkylation sites (N-methyl/N-ethyl adjacent to an activating group) is 1. The van der Waals surface area contributed by atoms with E-state index in [4.69, 9.17) is 11.6 Å². The van der Waals surface area contributed by atoms with Gasteiger partial charge >= 0.3 is 0 Å². The molecule has 0 bridgehead atoms. The van der Waals surface area contributed by atoms with Crippen LogP contribution in [-0.2, 0) is 21.9 Å². The monoisotopic (exact) mass is 280 g/mol. The summed E-state index contributed by atoms with van der Waals surface area (Å²) in [4.78, 5) is 14.9. The van der Waals surface area contributed by atoms with Crippen LogP contribution in [0.2, 0.25) is 5.15 Å². The van der Waals surface area contributed by atoms with Gasteiger partial charge in [-0.2, -0.15) is 4.72 Å². The summed E-state index contributed by atoms with van der Waals surface area (Å²) in [6, 6.07) is -0.900. The average molecular weight is 281 g/mol. The Morgan fingerprint density at radius 1 is 1.59 bits per heavy atom. The zero-order valence-electron chi connectivity index (χ0n) is 9.56. The van der Waals surface area contributed by atoms with Gasteiger partial charge < -0.3 is 9.88 Å². The zero-order chi connectivity index (χ0) is 13.2. The van der Waals surface area contributed by atoms with Crippen molar-refractivity contribution in [3.05, 3.63) is 11.5 Å². The highest BCUT2D eigenvalue weighted by Gasteiger charge is 2.26. The van der Waals surface area contributed by atoms with E-state index in [9.17, 15) is 13.2 Å². The third-order valence-electron chi connectivity index (χ3n) is 2.06. The van der Waals surface area contributed by atoms with Crippen LogP contribution >= 0.6 is 11.6 Å². The first kappa shape index (κ1) is 13.9. The molecule has 7 nitrogen and oxygen atoms in total. The molecule has 9 heteroatoms. The molecule has 0 radical (unpaired) electrons. The number of hydrogen-bond donors (Lipinski definition) is 2. The fraction of sp³-hybridized carbons (Fsp3) is 0.500. The first-order chi connectivity index (χ1) is 7.79. The summed E-state index contributed by atoms with van der Waals surface area (Å²) < 4.78 is 27.2. The van der Waals surface area contributed by atoms with E-state index in [-0.39, 0.29) is 10.2 Å². The predicted molar refractivity (Wildman–Crippen MR) is 62.1 cm³/mol. The summed E-state index contributed by atoms with van der Waals surface area (Å²) in [5.41, 5.74) is 0. The van der Waals surface area contributed by atoms with Gasteiger partial charge in [0.15, 0.2) is 0 Å². The SMILES string of the molecule is CNC(=O)C(C)NS(=O)(=O)c1ncn(C)c1Cl. The number of rotatable bonds is 4. The molecule has 1 aromatic rings. The number of amides is 1. The highest BCUT2D eigenvalue weighted by atomic mass is 35.5. The Hall–Kier alpha value is -1.12. The summed E-state index contributed by atoms with van der Waals surface area (Å²) in [5.74, 6) is -0.444. The standard InChI is InChI=1S/C8H13ClN4O3S/c1-5(7(14)10-2)12-17(15,16)8-6(9)13(3)4-11-8/h4-5,12H,1-3H3,(H,10,14). The average Bonchev–Trinajstić information content (AvgIpc) is 2.58. The Labute approximate surface area is 104 Å². The number of carbonyl (C=O) groups is 1. The Balaban J connectivity index is 2.98. The number of nitrogens with one attached hydrogen (secondary N) is 2. The summed E-state index contributed by atoms with van der Waals surface area (Å²) in [7, 11) is -0.916. The lowest BCUT2D eigenvalue weighted by atomic mass is 10.3. The van der Waals surface area contributed by atoms with Crippen molar-refractivity contribution in [1.29, 1.82) is 0 Å². The lowest BCUT2D eigenvalue weighted by Gasteiger charge is -2.11. The smallest absolute Gasteiger partial charge is 0.261 e. The molecule has 17 heavy (non-hydrogen) atoms. The number of nitrogens with zero attached hydrogens (tertiary/aromatic N) is 2. The molecule has 0 aliphatic carbocycles.